The van der Waals surface area contributed by atoms with Crippen LogP contribution in [0, 0.1) is 5.92 Å². The van der Waals surface area contributed by atoms with Gasteiger partial charge in [-0.3, -0.25) is 24.0 Å². The van der Waals surface area contributed by atoms with E-state index in [2.05, 4.69) is 10.6 Å². The molecule has 0 radical (unpaired) electrons. The molecule has 1 fully saturated rings. The molecule has 0 bridgehead atoms. The predicted octanol–water partition coefficient (Wildman–Crippen LogP) is -1.65. The van der Waals surface area contributed by atoms with Gasteiger partial charge >= 0.3 is 17.9 Å². The van der Waals surface area contributed by atoms with Gasteiger partial charge in [0.1, 0.15) is 18.1 Å². The Hall–Kier alpha value is -3.22. The second-order valence-electron chi connectivity index (χ2n) is 7.76. The Kier molecular flexibility index (Phi) is 10.0. The van der Waals surface area contributed by atoms with Crippen LogP contribution in [0.25, 0.3) is 0 Å². The summed E-state index contributed by atoms with van der Waals surface area (Å²) in [6.45, 7) is 3.60. The largest absolute Gasteiger partial charge is 0.481 e. The smallest absolute Gasteiger partial charge is 0.326 e. The Morgan fingerprint density at radius 2 is 1.62 bits per heavy atom. The third kappa shape index (κ3) is 7.48. The molecule has 3 amide bonds. The van der Waals surface area contributed by atoms with Gasteiger partial charge in [-0.1, -0.05) is 20.3 Å². The third-order valence-electron chi connectivity index (χ3n) is 5.34. The highest BCUT2D eigenvalue weighted by Crippen LogP contribution is 2.20. The monoisotopic (exact) mass is 458 g/mol. The summed E-state index contributed by atoms with van der Waals surface area (Å²) in [7, 11) is 0. The van der Waals surface area contributed by atoms with Crippen molar-refractivity contribution in [3.63, 3.8) is 0 Å². The van der Waals surface area contributed by atoms with Gasteiger partial charge in [-0.05, 0) is 18.8 Å². The molecule has 1 aliphatic rings. The SMILES string of the molecule is CCC(C)C(NC(=O)C1CCCN1C(=O)C(N)CC(=O)O)C(=O)NC(CC(=O)O)C(=O)O. The summed E-state index contributed by atoms with van der Waals surface area (Å²) in [5, 5.41) is 31.5. The zero-order valence-electron chi connectivity index (χ0n) is 17.9. The van der Waals surface area contributed by atoms with Crippen LogP contribution in [0.15, 0.2) is 0 Å². The molecule has 0 aromatic heterocycles. The molecule has 7 N–H and O–H groups in total. The molecule has 0 spiro atoms. The number of hydrogen-bond donors (Lipinski definition) is 6. The van der Waals surface area contributed by atoms with Crippen molar-refractivity contribution in [2.75, 3.05) is 6.54 Å². The zero-order chi connectivity index (χ0) is 24.6. The van der Waals surface area contributed by atoms with Gasteiger partial charge in [0, 0.05) is 6.54 Å². The summed E-state index contributed by atoms with van der Waals surface area (Å²) < 4.78 is 0. The minimum atomic E-state index is -1.68. The fraction of sp³-hybridized carbons (Fsp3) is 0.684. The van der Waals surface area contributed by atoms with E-state index in [0.29, 0.717) is 12.8 Å². The number of amides is 3. The topological polar surface area (TPSA) is 216 Å². The molecular formula is C19H30N4O9. The van der Waals surface area contributed by atoms with Crippen molar-refractivity contribution in [1.82, 2.24) is 15.5 Å². The molecule has 1 rings (SSSR count). The molecule has 32 heavy (non-hydrogen) atoms. The number of carboxylic acids is 3. The molecule has 0 saturated carbocycles. The first-order valence-corrected chi connectivity index (χ1v) is 10.2. The molecule has 5 unspecified atom stereocenters. The Balaban J connectivity index is 2.96. The van der Waals surface area contributed by atoms with Crippen molar-refractivity contribution < 1.29 is 44.1 Å². The molecule has 0 aliphatic carbocycles. The number of rotatable bonds is 12. The molecule has 5 atom stereocenters. The third-order valence-corrected chi connectivity index (χ3v) is 5.34. The van der Waals surface area contributed by atoms with E-state index >= 15 is 0 Å². The standard InChI is InChI=1S/C19H30N4O9/c1-3-9(2)15(17(29)21-11(19(31)32)8-14(26)27)22-16(28)12-5-4-6-23(12)18(30)10(20)7-13(24)25/h9-12,15H,3-8,20H2,1-2H3,(H,21,29)(H,22,28)(H,24,25)(H,26,27)(H,31,32). The number of carboxylic acid groups (broad SMARTS) is 3. The van der Waals surface area contributed by atoms with E-state index in [1.165, 1.54) is 4.90 Å². The summed E-state index contributed by atoms with van der Waals surface area (Å²) in [6, 6.07) is -5.13. The van der Waals surface area contributed by atoms with Crippen LogP contribution in [0.2, 0.25) is 0 Å². The summed E-state index contributed by atoms with van der Waals surface area (Å²) in [5.41, 5.74) is 5.63. The number of nitrogens with two attached hydrogens (primary N) is 1. The van der Waals surface area contributed by atoms with E-state index in [9.17, 15) is 28.8 Å². The number of carbonyl (C=O) groups is 6. The van der Waals surface area contributed by atoms with E-state index < -0.39 is 78.6 Å². The van der Waals surface area contributed by atoms with Crippen molar-refractivity contribution in [2.45, 2.75) is 70.1 Å². The number of hydrogen-bond acceptors (Lipinski definition) is 7. The fourth-order valence-electron chi connectivity index (χ4n) is 3.38. The van der Waals surface area contributed by atoms with Gasteiger partial charge in [0.2, 0.25) is 17.7 Å². The minimum Gasteiger partial charge on any atom is -0.481 e. The Morgan fingerprint density at radius 1 is 1.03 bits per heavy atom. The Morgan fingerprint density at radius 3 is 2.12 bits per heavy atom. The first-order chi connectivity index (χ1) is 14.9. The van der Waals surface area contributed by atoms with E-state index in [4.69, 9.17) is 21.1 Å². The van der Waals surface area contributed by atoms with E-state index in [1.54, 1.807) is 13.8 Å². The lowest BCUT2D eigenvalue weighted by atomic mass is 9.97. The highest BCUT2D eigenvalue weighted by atomic mass is 16.4. The quantitative estimate of drug-likeness (QED) is 0.196. The van der Waals surface area contributed by atoms with Crippen LogP contribution < -0.4 is 16.4 Å². The maximum absolute atomic E-state index is 12.9. The first-order valence-electron chi connectivity index (χ1n) is 10.2. The number of nitrogens with zero attached hydrogens (tertiary/aromatic N) is 1. The Labute approximate surface area is 184 Å². The average Bonchev–Trinajstić information content (AvgIpc) is 3.18. The lowest BCUT2D eigenvalue weighted by Crippen LogP contribution is -2.58. The van der Waals surface area contributed by atoms with Crippen LogP contribution in [-0.4, -0.2) is 86.6 Å². The molecular weight excluding hydrogens is 428 g/mol. The van der Waals surface area contributed by atoms with Crippen molar-refractivity contribution >= 4 is 35.6 Å². The highest BCUT2D eigenvalue weighted by Gasteiger charge is 2.39. The number of nitrogens with one attached hydrogen (secondary N) is 2. The van der Waals surface area contributed by atoms with Crippen molar-refractivity contribution in [2.24, 2.45) is 11.7 Å². The van der Waals surface area contributed by atoms with Gasteiger partial charge < -0.3 is 36.6 Å². The maximum atomic E-state index is 12.9. The zero-order valence-corrected chi connectivity index (χ0v) is 17.9. The lowest BCUT2D eigenvalue weighted by molar-refractivity contribution is -0.148. The molecule has 0 aromatic carbocycles. The second kappa shape index (κ2) is 12.0. The van der Waals surface area contributed by atoms with Crippen molar-refractivity contribution in [3.05, 3.63) is 0 Å². The highest BCUT2D eigenvalue weighted by molar-refractivity contribution is 5.95. The summed E-state index contributed by atoms with van der Waals surface area (Å²) >= 11 is 0. The van der Waals surface area contributed by atoms with E-state index in [1.807, 2.05) is 0 Å². The number of carbonyl (C=O) groups excluding carboxylic acids is 3. The Bertz CT molecular complexity index is 757. The molecule has 1 saturated heterocycles. The number of aliphatic carboxylic acids is 3. The van der Waals surface area contributed by atoms with Gasteiger partial charge in [-0.15, -0.1) is 0 Å². The molecule has 13 nitrogen and oxygen atoms in total. The van der Waals surface area contributed by atoms with Crippen LogP contribution in [-0.2, 0) is 28.8 Å². The van der Waals surface area contributed by atoms with Gasteiger partial charge in [0.15, 0.2) is 0 Å². The average molecular weight is 458 g/mol. The molecule has 180 valence electrons. The summed E-state index contributed by atoms with van der Waals surface area (Å²) in [6.07, 6.45) is -0.241. The normalized spacial score (nSPS) is 19.3. The van der Waals surface area contributed by atoms with Gasteiger partial charge in [-0.25, -0.2) is 4.79 Å². The van der Waals surface area contributed by atoms with E-state index in [0.717, 1.165) is 0 Å². The van der Waals surface area contributed by atoms with Crippen LogP contribution in [0.5, 0.6) is 0 Å². The predicted molar refractivity (Wildman–Crippen MR) is 108 cm³/mol. The molecule has 1 aliphatic heterocycles. The molecule has 1 heterocycles. The first kappa shape index (κ1) is 26.8. The fourth-order valence-corrected chi connectivity index (χ4v) is 3.38. The minimum absolute atomic E-state index is 0.199. The van der Waals surface area contributed by atoms with E-state index in [-0.39, 0.29) is 13.0 Å². The van der Waals surface area contributed by atoms with Gasteiger partial charge in [-0.2, -0.15) is 0 Å². The van der Waals surface area contributed by atoms with Crippen LogP contribution >= 0.6 is 0 Å². The lowest BCUT2D eigenvalue weighted by Gasteiger charge is -2.30. The number of likely N-dealkylation sites (tertiary alicyclic amines) is 1. The van der Waals surface area contributed by atoms with Gasteiger partial charge in [0.25, 0.3) is 0 Å². The maximum Gasteiger partial charge on any atom is 0.326 e. The van der Waals surface area contributed by atoms with Crippen LogP contribution in [0.1, 0.15) is 46.0 Å². The molecule has 13 heteroatoms. The van der Waals surface area contributed by atoms with Crippen LogP contribution in [0.3, 0.4) is 0 Å². The summed E-state index contributed by atoms with van der Waals surface area (Å²) in [4.78, 5) is 72.2. The summed E-state index contributed by atoms with van der Waals surface area (Å²) in [5.74, 6) is -6.85. The second-order valence-corrected chi connectivity index (χ2v) is 7.76. The van der Waals surface area contributed by atoms with Crippen molar-refractivity contribution in [3.8, 4) is 0 Å². The van der Waals surface area contributed by atoms with Gasteiger partial charge in [0.05, 0.1) is 18.9 Å². The molecule has 0 aromatic rings. The van der Waals surface area contributed by atoms with Crippen molar-refractivity contribution in [1.29, 1.82) is 0 Å². The van der Waals surface area contributed by atoms with Crippen LogP contribution in [0.4, 0.5) is 0 Å².